The zero-order valence-corrected chi connectivity index (χ0v) is 41.6. The highest BCUT2D eigenvalue weighted by Crippen LogP contribution is 2.53. The molecule has 0 fully saturated rings. The van der Waals surface area contributed by atoms with Gasteiger partial charge < -0.3 is 0 Å². The molecule has 0 N–H and O–H groups in total. The number of benzene rings is 12. The van der Waals surface area contributed by atoms with Crippen LogP contribution in [0.25, 0.3) is 98.4 Å². The van der Waals surface area contributed by atoms with Gasteiger partial charge in [0.15, 0.2) is 0 Å². The molecule has 1 unspecified atom stereocenters. The molecule has 14 rings (SSSR count). The molecule has 0 saturated carbocycles. The van der Waals surface area contributed by atoms with Crippen molar-refractivity contribution < 1.29 is 0 Å². The van der Waals surface area contributed by atoms with Gasteiger partial charge in [0, 0.05) is 10.8 Å². The Labute approximate surface area is 423 Å². The maximum atomic E-state index is 2.59. The van der Waals surface area contributed by atoms with Crippen molar-refractivity contribution in [2.75, 3.05) is 0 Å². The smallest absolute Gasteiger partial charge is 0.0159 e. The van der Waals surface area contributed by atoms with E-state index in [2.05, 4.69) is 252 Å². The summed E-state index contributed by atoms with van der Waals surface area (Å²) in [6.45, 7) is 9.76. The Morgan fingerprint density at radius 3 is 1.31 bits per heavy atom. The van der Waals surface area contributed by atoms with Gasteiger partial charge in [0.05, 0.1) is 0 Å². The van der Waals surface area contributed by atoms with Gasteiger partial charge in [0.2, 0.25) is 0 Å². The molecule has 0 amide bonds. The van der Waals surface area contributed by atoms with Gasteiger partial charge >= 0.3 is 0 Å². The van der Waals surface area contributed by atoms with Crippen LogP contribution in [0.1, 0.15) is 79.0 Å². The fourth-order valence-corrected chi connectivity index (χ4v) is 13.2. The standard InChI is InChI=1S/C72H56/c1-71(2)67-39-45(27-33-61(67)63-35-31-53(43-69(63)71)65-40-51-17-7-9-19-55(51)57-21-11-13-23-59(57)65)25-29-49(38-46-26-28-47-15-5-6-16-48(47)37-46)50-30-34-62-64-36-32-54(44-70(64)72(3,4)68(62)42-50)66-41-52-18-8-10-20-56(52)58-22-12-14-24-60(58)66/h5-24,26-28,30-37,39-44,49H,25,29,38H2,1-4H3. The molecule has 2 aliphatic rings. The molecule has 0 radical (unpaired) electrons. The maximum Gasteiger partial charge on any atom is 0.0159 e. The van der Waals surface area contributed by atoms with Crippen molar-refractivity contribution in [3.63, 3.8) is 0 Å². The first-order chi connectivity index (χ1) is 35.2. The Hall–Kier alpha value is -8.06. The summed E-state index contributed by atoms with van der Waals surface area (Å²) in [5, 5.41) is 13.0. The monoisotopic (exact) mass is 920 g/mol. The topological polar surface area (TPSA) is 0 Å². The fourth-order valence-electron chi connectivity index (χ4n) is 13.2. The third-order valence-electron chi connectivity index (χ3n) is 17.1. The summed E-state index contributed by atoms with van der Waals surface area (Å²) in [6.07, 6.45) is 3.06. The van der Waals surface area contributed by atoms with Gasteiger partial charge in [-0.15, -0.1) is 0 Å². The Morgan fingerprint density at radius 1 is 0.306 bits per heavy atom. The first-order valence-electron chi connectivity index (χ1n) is 26.0. The van der Waals surface area contributed by atoms with Crippen LogP contribution in [0.2, 0.25) is 0 Å². The van der Waals surface area contributed by atoms with Crippen LogP contribution in [0.4, 0.5) is 0 Å². The summed E-state index contributed by atoms with van der Waals surface area (Å²) in [4.78, 5) is 0. The average molecular weight is 921 g/mol. The van der Waals surface area contributed by atoms with E-state index in [1.54, 1.807) is 0 Å². The molecule has 0 nitrogen and oxygen atoms in total. The van der Waals surface area contributed by atoms with Gasteiger partial charge in [-0.1, -0.05) is 228 Å². The second-order valence-electron chi connectivity index (χ2n) is 22.0. The Balaban J connectivity index is 0.797. The van der Waals surface area contributed by atoms with Crippen LogP contribution in [0.5, 0.6) is 0 Å². The summed E-state index contributed by atoms with van der Waals surface area (Å²) in [7, 11) is 0. The zero-order chi connectivity index (χ0) is 48.3. The van der Waals surface area contributed by atoms with E-state index in [-0.39, 0.29) is 10.8 Å². The molecule has 0 aliphatic heterocycles. The van der Waals surface area contributed by atoms with Crippen molar-refractivity contribution in [1.29, 1.82) is 0 Å². The van der Waals surface area contributed by atoms with E-state index >= 15 is 0 Å². The van der Waals surface area contributed by atoms with Crippen LogP contribution in [0.15, 0.2) is 224 Å². The second kappa shape index (κ2) is 16.2. The molecule has 72 heavy (non-hydrogen) atoms. The number of fused-ring (bicyclic) bond motifs is 13. The van der Waals surface area contributed by atoms with E-state index in [0.717, 1.165) is 19.3 Å². The van der Waals surface area contributed by atoms with Crippen molar-refractivity contribution in [2.24, 2.45) is 0 Å². The molecule has 0 saturated heterocycles. The zero-order valence-electron chi connectivity index (χ0n) is 41.6. The van der Waals surface area contributed by atoms with Crippen molar-refractivity contribution in [3.8, 4) is 44.5 Å². The minimum atomic E-state index is -0.154. The lowest BCUT2D eigenvalue weighted by atomic mass is 9.78. The molecule has 0 aromatic heterocycles. The van der Waals surface area contributed by atoms with E-state index in [1.807, 2.05) is 0 Å². The van der Waals surface area contributed by atoms with Gasteiger partial charge in [-0.25, -0.2) is 0 Å². The molecular formula is C72H56. The van der Waals surface area contributed by atoms with Crippen LogP contribution >= 0.6 is 0 Å². The van der Waals surface area contributed by atoms with Crippen LogP contribution in [-0.2, 0) is 23.7 Å². The van der Waals surface area contributed by atoms with Crippen LogP contribution in [0.3, 0.4) is 0 Å². The van der Waals surface area contributed by atoms with Gasteiger partial charge in [0.1, 0.15) is 0 Å². The summed E-state index contributed by atoms with van der Waals surface area (Å²) in [5.74, 6) is 0.341. The number of rotatable bonds is 8. The predicted molar refractivity (Wildman–Crippen MR) is 308 cm³/mol. The van der Waals surface area contributed by atoms with Gasteiger partial charge in [0.25, 0.3) is 0 Å². The summed E-state index contributed by atoms with van der Waals surface area (Å²) in [6, 6.07) is 85.5. The highest BCUT2D eigenvalue weighted by atomic mass is 14.4. The number of aryl methyl sites for hydroxylation is 1. The predicted octanol–water partition coefficient (Wildman–Crippen LogP) is 19.4. The van der Waals surface area contributed by atoms with Gasteiger partial charge in [-0.05, 0) is 187 Å². The highest BCUT2D eigenvalue weighted by molar-refractivity contribution is 6.15. The second-order valence-corrected chi connectivity index (χ2v) is 22.0. The van der Waals surface area contributed by atoms with E-state index in [1.165, 1.54) is 137 Å². The number of hydrogen-bond donors (Lipinski definition) is 0. The van der Waals surface area contributed by atoms with Gasteiger partial charge in [-0.3, -0.25) is 0 Å². The first-order valence-corrected chi connectivity index (χ1v) is 26.0. The van der Waals surface area contributed by atoms with E-state index in [9.17, 15) is 0 Å². The summed E-state index contributed by atoms with van der Waals surface area (Å²) >= 11 is 0. The third kappa shape index (κ3) is 6.73. The first kappa shape index (κ1) is 42.8. The molecule has 1 atom stereocenters. The highest BCUT2D eigenvalue weighted by Gasteiger charge is 2.38. The lowest BCUT2D eigenvalue weighted by Gasteiger charge is -2.25. The molecule has 344 valence electrons. The average Bonchev–Trinajstić information content (AvgIpc) is 3.79. The third-order valence-corrected chi connectivity index (χ3v) is 17.1. The van der Waals surface area contributed by atoms with Crippen molar-refractivity contribution in [2.45, 2.75) is 63.7 Å². The Kier molecular flexibility index (Phi) is 9.65. The van der Waals surface area contributed by atoms with Crippen LogP contribution < -0.4 is 0 Å². The van der Waals surface area contributed by atoms with Crippen molar-refractivity contribution >= 4 is 53.9 Å². The Bertz CT molecular complexity index is 4200. The van der Waals surface area contributed by atoms with Crippen molar-refractivity contribution in [1.82, 2.24) is 0 Å². The number of hydrogen-bond acceptors (Lipinski definition) is 0. The SMILES string of the molecule is CC1(C)c2cc(CCC(Cc3ccc4ccccc4c3)c3ccc4c(c3)C(C)(C)c3cc(-c5cc6ccccc6c6ccccc56)ccc3-4)ccc2-c2ccc(-c3cc4ccccc4c4ccccc34)cc21. The lowest BCUT2D eigenvalue weighted by Crippen LogP contribution is -2.16. The van der Waals surface area contributed by atoms with E-state index in [0.29, 0.717) is 5.92 Å². The van der Waals surface area contributed by atoms with Gasteiger partial charge in [-0.2, -0.15) is 0 Å². The molecule has 0 heteroatoms. The lowest BCUT2D eigenvalue weighted by molar-refractivity contribution is 0.612. The maximum absolute atomic E-state index is 2.59. The molecule has 12 aromatic rings. The molecule has 12 aromatic carbocycles. The molecular weight excluding hydrogens is 865 g/mol. The summed E-state index contributed by atoms with van der Waals surface area (Å²) < 4.78 is 0. The molecule has 0 heterocycles. The summed E-state index contributed by atoms with van der Waals surface area (Å²) in [5.41, 5.74) is 20.3. The molecule has 2 aliphatic carbocycles. The quantitative estimate of drug-likeness (QED) is 0.133. The normalized spacial score (nSPS) is 14.4. The molecule has 0 spiro atoms. The van der Waals surface area contributed by atoms with Crippen LogP contribution in [-0.4, -0.2) is 0 Å². The van der Waals surface area contributed by atoms with Crippen molar-refractivity contribution in [3.05, 3.63) is 263 Å². The largest absolute Gasteiger partial charge is 0.0616 e. The molecule has 0 bridgehead atoms. The van der Waals surface area contributed by atoms with E-state index in [4.69, 9.17) is 0 Å². The minimum absolute atomic E-state index is 0.129. The minimum Gasteiger partial charge on any atom is -0.0616 e. The fraction of sp³-hybridized carbons (Fsp3) is 0.139. The Morgan fingerprint density at radius 2 is 0.736 bits per heavy atom. The van der Waals surface area contributed by atoms with E-state index < -0.39 is 0 Å². The van der Waals surface area contributed by atoms with Crippen LogP contribution in [0, 0.1) is 0 Å².